The van der Waals surface area contributed by atoms with Crippen LogP contribution in [0.2, 0.25) is 0 Å². The number of H-pyrrole nitrogens is 1. The first-order chi connectivity index (χ1) is 7.38. The summed E-state index contributed by atoms with van der Waals surface area (Å²) >= 11 is 0. The highest BCUT2D eigenvalue weighted by Gasteiger charge is 2.22. The predicted octanol–water partition coefficient (Wildman–Crippen LogP) is 2.12. The molecule has 1 aliphatic carbocycles. The van der Waals surface area contributed by atoms with E-state index in [4.69, 9.17) is 0 Å². The van der Waals surface area contributed by atoms with Crippen LogP contribution >= 0.6 is 0 Å². The molecular weight excluding hydrogens is 186 g/mol. The van der Waals surface area contributed by atoms with Crippen molar-refractivity contribution in [1.82, 2.24) is 15.3 Å². The zero-order chi connectivity index (χ0) is 10.5. The lowest BCUT2D eigenvalue weighted by molar-refractivity contribution is 0.478. The van der Waals surface area contributed by atoms with Gasteiger partial charge in [-0.2, -0.15) is 0 Å². The minimum Gasteiger partial charge on any atom is -0.349 e. The molecule has 0 saturated heterocycles. The van der Waals surface area contributed by atoms with Gasteiger partial charge < -0.3 is 10.3 Å². The summed E-state index contributed by atoms with van der Waals surface area (Å²) in [6.45, 7) is 3.35. The number of hydrogen-bond acceptors (Lipinski definition) is 2. The quantitative estimate of drug-likeness (QED) is 0.776. The van der Waals surface area contributed by atoms with Gasteiger partial charge in [0, 0.05) is 31.4 Å². The molecule has 1 aromatic rings. The van der Waals surface area contributed by atoms with E-state index in [2.05, 4.69) is 22.2 Å². The standard InChI is InChI=1S/C12H21N3/c1-2-10-3-4-11(9-10)13-6-5-12-14-7-8-15-12/h7-8,10-11,13H,2-6,9H2,1H3,(H,14,15). The van der Waals surface area contributed by atoms with E-state index in [1.165, 1.54) is 25.7 Å². The molecule has 0 amide bonds. The summed E-state index contributed by atoms with van der Waals surface area (Å²) in [7, 11) is 0. The maximum Gasteiger partial charge on any atom is 0.107 e. The third kappa shape index (κ3) is 3.06. The van der Waals surface area contributed by atoms with Gasteiger partial charge >= 0.3 is 0 Å². The van der Waals surface area contributed by atoms with Gasteiger partial charge in [0.2, 0.25) is 0 Å². The van der Waals surface area contributed by atoms with Gasteiger partial charge in [-0.05, 0) is 25.2 Å². The number of hydrogen-bond donors (Lipinski definition) is 2. The summed E-state index contributed by atoms with van der Waals surface area (Å²) in [5, 5.41) is 3.62. The summed E-state index contributed by atoms with van der Waals surface area (Å²) in [6.07, 6.45) is 10.2. The summed E-state index contributed by atoms with van der Waals surface area (Å²) < 4.78 is 0. The molecular formula is C12H21N3. The maximum atomic E-state index is 4.22. The van der Waals surface area contributed by atoms with Crippen LogP contribution in [0.1, 0.15) is 38.4 Å². The molecule has 3 nitrogen and oxygen atoms in total. The molecule has 84 valence electrons. The highest BCUT2D eigenvalue weighted by Crippen LogP contribution is 2.27. The van der Waals surface area contributed by atoms with E-state index in [1.54, 1.807) is 0 Å². The first-order valence-corrected chi connectivity index (χ1v) is 6.10. The minimum absolute atomic E-state index is 0.755. The zero-order valence-corrected chi connectivity index (χ0v) is 9.50. The zero-order valence-electron chi connectivity index (χ0n) is 9.50. The van der Waals surface area contributed by atoms with Gasteiger partial charge in [-0.3, -0.25) is 0 Å². The molecule has 2 atom stereocenters. The van der Waals surface area contributed by atoms with E-state index in [0.29, 0.717) is 0 Å². The molecule has 0 aliphatic heterocycles. The van der Waals surface area contributed by atoms with Crippen LogP contribution in [0.5, 0.6) is 0 Å². The fourth-order valence-electron chi connectivity index (χ4n) is 2.46. The van der Waals surface area contributed by atoms with Gasteiger partial charge in [0.15, 0.2) is 0 Å². The van der Waals surface area contributed by atoms with E-state index in [-0.39, 0.29) is 0 Å². The topological polar surface area (TPSA) is 40.7 Å². The molecule has 0 bridgehead atoms. The Bertz CT molecular complexity index is 268. The SMILES string of the molecule is CCC1CCC(NCCc2ncc[nH]2)C1. The van der Waals surface area contributed by atoms with E-state index < -0.39 is 0 Å². The second-order valence-electron chi connectivity index (χ2n) is 4.52. The third-order valence-corrected chi connectivity index (χ3v) is 3.47. The van der Waals surface area contributed by atoms with Gasteiger partial charge in [-0.25, -0.2) is 4.98 Å². The Kier molecular flexibility index (Phi) is 3.78. The van der Waals surface area contributed by atoms with Crippen LogP contribution in [0.4, 0.5) is 0 Å². The monoisotopic (exact) mass is 207 g/mol. The molecule has 1 heterocycles. The smallest absolute Gasteiger partial charge is 0.107 e. The highest BCUT2D eigenvalue weighted by molar-refractivity contribution is 4.88. The molecule has 2 rings (SSSR count). The molecule has 1 saturated carbocycles. The fraction of sp³-hybridized carbons (Fsp3) is 0.750. The Morgan fingerprint density at radius 2 is 2.47 bits per heavy atom. The van der Waals surface area contributed by atoms with E-state index in [9.17, 15) is 0 Å². The Morgan fingerprint density at radius 3 is 3.13 bits per heavy atom. The second-order valence-corrected chi connectivity index (χ2v) is 4.52. The van der Waals surface area contributed by atoms with Crippen molar-refractivity contribution in [3.8, 4) is 0 Å². The largest absolute Gasteiger partial charge is 0.349 e. The Balaban J connectivity index is 1.63. The van der Waals surface area contributed by atoms with Crippen molar-refractivity contribution in [1.29, 1.82) is 0 Å². The van der Waals surface area contributed by atoms with Gasteiger partial charge in [-0.1, -0.05) is 13.3 Å². The van der Waals surface area contributed by atoms with Gasteiger partial charge in [0.1, 0.15) is 5.82 Å². The van der Waals surface area contributed by atoms with Crippen molar-refractivity contribution < 1.29 is 0 Å². The number of nitrogens with zero attached hydrogens (tertiary/aromatic N) is 1. The summed E-state index contributed by atoms with van der Waals surface area (Å²) in [5.74, 6) is 2.05. The third-order valence-electron chi connectivity index (χ3n) is 3.47. The van der Waals surface area contributed by atoms with Crippen LogP contribution in [0.15, 0.2) is 12.4 Å². The number of imidazole rings is 1. The molecule has 2 N–H and O–H groups in total. The number of aromatic nitrogens is 2. The average Bonchev–Trinajstić information content (AvgIpc) is 2.88. The van der Waals surface area contributed by atoms with Crippen molar-refractivity contribution in [2.24, 2.45) is 5.92 Å². The molecule has 2 unspecified atom stereocenters. The number of nitrogens with one attached hydrogen (secondary N) is 2. The van der Waals surface area contributed by atoms with Crippen molar-refractivity contribution in [3.63, 3.8) is 0 Å². The van der Waals surface area contributed by atoms with Crippen LogP contribution in [0, 0.1) is 5.92 Å². The van der Waals surface area contributed by atoms with Crippen LogP contribution in [0.3, 0.4) is 0 Å². The maximum absolute atomic E-state index is 4.22. The molecule has 0 spiro atoms. The fourth-order valence-corrected chi connectivity index (χ4v) is 2.46. The molecule has 0 radical (unpaired) electrons. The molecule has 1 aliphatic rings. The van der Waals surface area contributed by atoms with E-state index in [0.717, 1.165) is 30.7 Å². The molecule has 0 aromatic carbocycles. The summed E-state index contributed by atoms with van der Waals surface area (Å²) in [5.41, 5.74) is 0. The Labute approximate surface area is 91.7 Å². The molecule has 15 heavy (non-hydrogen) atoms. The summed E-state index contributed by atoms with van der Waals surface area (Å²) in [6, 6.07) is 0.755. The van der Waals surface area contributed by atoms with Crippen molar-refractivity contribution in [3.05, 3.63) is 18.2 Å². The first kappa shape index (κ1) is 10.7. The Morgan fingerprint density at radius 1 is 1.53 bits per heavy atom. The minimum atomic E-state index is 0.755. The lowest BCUT2D eigenvalue weighted by atomic mass is 10.1. The lowest BCUT2D eigenvalue weighted by Crippen LogP contribution is -2.28. The second kappa shape index (κ2) is 5.31. The van der Waals surface area contributed by atoms with Crippen LogP contribution < -0.4 is 5.32 Å². The van der Waals surface area contributed by atoms with Crippen molar-refractivity contribution in [2.75, 3.05) is 6.54 Å². The highest BCUT2D eigenvalue weighted by atomic mass is 14.9. The molecule has 3 heteroatoms. The summed E-state index contributed by atoms with van der Waals surface area (Å²) in [4.78, 5) is 7.35. The normalized spacial score (nSPS) is 25.9. The van der Waals surface area contributed by atoms with Crippen LogP contribution in [-0.2, 0) is 6.42 Å². The first-order valence-electron chi connectivity index (χ1n) is 6.10. The van der Waals surface area contributed by atoms with Crippen LogP contribution in [0.25, 0.3) is 0 Å². The Hall–Kier alpha value is -0.830. The van der Waals surface area contributed by atoms with E-state index in [1.807, 2.05) is 12.4 Å². The van der Waals surface area contributed by atoms with Gasteiger partial charge in [-0.15, -0.1) is 0 Å². The molecule has 1 aromatic heterocycles. The number of aromatic amines is 1. The van der Waals surface area contributed by atoms with Gasteiger partial charge in [0.05, 0.1) is 0 Å². The molecule has 1 fully saturated rings. The number of rotatable bonds is 5. The lowest BCUT2D eigenvalue weighted by Gasteiger charge is -2.11. The predicted molar refractivity (Wildman–Crippen MR) is 61.7 cm³/mol. The van der Waals surface area contributed by atoms with E-state index >= 15 is 0 Å². The average molecular weight is 207 g/mol. The van der Waals surface area contributed by atoms with Crippen LogP contribution in [-0.4, -0.2) is 22.6 Å². The van der Waals surface area contributed by atoms with Gasteiger partial charge in [0.25, 0.3) is 0 Å². The van der Waals surface area contributed by atoms with Crippen molar-refractivity contribution >= 4 is 0 Å². The van der Waals surface area contributed by atoms with Crippen molar-refractivity contribution in [2.45, 2.75) is 45.1 Å².